The van der Waals surface area contributed by atoms with E-state index in [9.17, 15) is 10.1 Å². The third-order valence-corrected chi connectivity index (χ3v) is 5.27. The van der Waals surface area contributed by atoms with E-state index in [2.05, 4.69) is 20.2 Å². The van der Waals surface area contributed by atoms with Crippen molar-refractivity contribution in [3.05, 3.63) is 16.4 Å². The van der Waals surface area contributed by atoms with Crippen LogP contribution < -0.4 is 10.2 Å². The van der Waals surface area contributed by atoms with Crippen LogP contribution in [-0.4, -0.2) is 70.3 Å². The maximum Gasteiger partial charge on any atom is 0.353 e. The standard InChI is InChI=1S/C17H28N6O3/c24-12-11-21-7-9-22(10-8-21)17-15(23(25)26)16(18-13-19-17)20-14-5-3-1-2-4-6-14/h13-14,24H,1-12H2,(H,18,19,20). The molecule has 1 aliphatic heterocycles. The molecule has 0 bridgehead atoms. The topological polar surface area (TPSA) is 108 Å². The zero-order chi connectivity index (χ0) is 18.4. The van der Waals surface area contributed by atoms with Crippen molar-refractivity contribution >= 4 is 17.3 Å². The van der Waals surface area contributed by atoms with Gasteiger partial charge in [-0.3, -0.25) is 15.0 Å². The van der Waals surface area contributed by atoms with Crippen LogP contribution in [0.1, 0.15) is 38.5 Å². The summed E-state index contributed by atoms with van der Waals surface area (Å²) in [7, 11) is 0. The molecule has 1 aliphatic carbocycles. The lowest BCUT2D eigenvalue weighted by Gasteiger charge is -2.34. The Hall–Kier alpha value is -2.00. The van der Waals surface area contributed by atoms with Gasteiger partial charge in [-0.15, -0.1) is 0 Å². The minimum atomic E-state index is -0.367. The summed E-state index contributed by atoms with van der Waals surface area (Å²) in [5.74, 6) is 0.731. The molecule has 26 heavy (non-hydrogen) atoms. The van der Waals surface area contributed by atoms with E-state index in [4.69, 9.17) is 5.11 Å². The van der Waals surface area contributed by atoms with Crippen LogP contribution in [0.25, 0.3) is 0 Å². The second-order valence-corrected chi connectivity index (χ2v) is 7.04. The Morgan fingerprint density at radius 3 is 2.46 bits per heavy atom. The molecule has 0 spiro atoms. The predicted octanol–water partition coefficient (Wildman–Crippen LogP) is 1.63. The van der Waals surface area contributed by atoms with Gasteiger partial charge >= 0.3 is 5.69 Å². The zero-order valence-electron chi connectivity index (χ0n) is 15.1. The van der Waals surface area contributed by atoms with Crippen LogP contribution in [0.15, 0.2) is 6.33 Å². The Balaban J connectivity index is 1.77. The normalized spacial score (nSPS) is 20.0. The van der Waals surface area contributed by atoms with Crippen molar-refractivity contribution in [3.63, 3.8) is 0 Å². The van der Waals surface area contributed by atoms with Gasteiger partial charge in [0.25, 0.3) is 0 Å². The number of anilines is 2. The zero-order valence-corrected chi connectivity index (χ0v) is 15.1. The van der Waals surface area contributed by atoms with E-state index in [0.717, 1.165) is 38.8 Å². The van der Waals surface area contributed by atoms with Crippen LogP contribution >= 0.6 is 0 Å². The Bertz CT molecular complexity index is 598. The molecule has 0 amide bonds. The number of piperazine rings is 1. The Labute approximate surface area is 153 Å². The molecular formula is C17H28N6O3. The number of nitrogens with one attached hydrogen (secondary N) is 1. The monoisotopic (exact) mass is 364 g/mol. The molecule has 2 aliphatic rings. The van der Waals surface area contributed by atoms with Gasteiger partial charge in [-0.25, -0.2) is 9.97 Å². The van der Waals surface area contributed by atoms with Crippen molar-refractivity contribution in [2.75, 3.05) is 49.5 Å². The van der Waals surface area contributed by atoms with E-state index in [-0.39, 0.29) is 23.3 Å². The van der Waals surface area contributed by atoms with E-state index in [1.54, 1.807) is 0 Å². The lowest BCUT2D eigenvalue weighted by molar-refractivity contribution is -0.383. The number of hydrogen-bond donors (Lipinski definition) is 2. The highest BCUT2D eigenvalue weighted by atomic mass is 16.6. The molecule has 3 rings (SSSR count). The Morgan fingerprint density at radius 1 is 1.15 bits per heavy atom. The van der Waals surface area contributed by atoms with E-state index >= 15 is 0 Å². The van der Waals surface area contributed by atoms with Crippen LogP contribution in [0.4, 0.5) is 17.3 Å². The van der Waals surface area contributed by atoms with E-state index in [0.29, 0.717) is 31.3 Å². The average Bonchev–Trinajstić information content (AvgIpc) is 2.91. The number of nitro groups is 1. The van der Waals surface area contributed by atoms with Gasteiger partial charge in [0.15, 0.2) is 0 Å². The van der Waals surface area contributed by atoms with Crippen LogP contribution in [0.5, 0.6) is 0 Å². The minimum absolute atomic E-state index is 0.0210. The van der Waals surface area contributed by atoms with Gasteiger partial charge in [0.05, 0.1) is 11.5 Å². The van der Waals surface area contributed by atoms with Crippen LogP contribution in [0.3, 0.4) is 0 Å². The maximum atomic E-state index is 11.8. The molecule has 0 radical (unpaired) electrons. The van der Waals surface area contributed by atoms with Crippen LogP contribution in [0.2, 0.25) is 0 Å². The highest BCUT2D eigenvalue weighted by Crippen LogP contribution is 2.33. The summed E-state index contributed by atoms with van der Waals surface area (Å²) >= 11 is 0. The summed E-state index contributed by atoms with van der Waals surface area (Å²) < 4.78 is 0. The molecule has 9 nitrogen and oxygen atoms in total. The number of aliphatic hydroxyl groups is 1. The molecule has 2 N–H and O–H groups in total. The van der Waals surface area contributed by atoms with E-state index in [1.165, 1.54) is 19.2 Å². The molecule has 1 aromatic heterocycles. The second kappa shape index (κ2) is 9.09. The quantitative estimate of drug-likeness (QED) is 0.445. The summed E-state index contributed by atoms with van der Waals surface area (Å²) in [6.07, 6.45) is 8.22. The van der Waals surface area contributed by atoms with Gasteiger partial charge in [0, 0.05) is 38.8 Å². The van der Waals surface area contributed by atoms with Crippen molar-refractivity contribution in [2.24, 2.45) is 0 Å². The summed E-state index contributed by atoms with van der Waals surface area (Å²) in [4.78, 5) is 23.9. The molecular weight excluding hydrogens is 336 g/mol. The van der Waals surface area contributed by atoms with E-state index in [1.807, 2.05) is 4.90 Å². The number of rotatable bonds is 6. The van der Waals surface area contributed by atoms with Crippen LogP contribution in [0, 0.1) is 10.1 Å². The molecule has 0 aromatic carbocycles. The first kappa shape index (κ1) is 18.8. The van der Waals surface area contributed by atoms with Crippen molar-refractivity contribution in [3.8, 4) is 0 Å². The summed E-state index contributed by atoms with van der Waals surface area (Å²) in [5.41, 5.74) is -0.0210. The van der Waals surface area contributed by atoms with Crippen molar-refractivity contribution in [2.45, 2.75) is 44.6 Å². The third-order valence-electron chi connectivity index (χ3n) is 5.27. The molecule has 9 heteroatoms. The molecule has 1 saturated carbocycles. The summed E-state index contributed by atoms with van der Waals surface area (Å²) in [6.45, 7) is 3.58. The van der Waals surface area contributed by atoms with Crippen molar-refractivity contribution < 1.29 is 10.0 Å². The van der Waals surface area contributed by atoms with Crippen molar-refractivity contribution in [1.29, 1.82) is 0 Å². The minimum Gasteiger partial charge on any atom is -0.395 e. The first-order valence-corrected chi connectivity index (χ1v) is 9.53. The Morgan fingerprint density at radius 2 is 1.85 bits per heavy atom. The largest absolute Gasteiger partial charge is 0.395 e. The number of aromatic nitrogens is 2. The first-order valence-electron chi connectivity index (χ1n) is 9.53. The molecule has 1 aromatic rings. The van der Waals surface area contributed by atoms with Gasteiger partial charge in [-0.1, -0.05) is 25.7 Å². The van der Waals surface area contributed by atoms with Gasteiger partial charge in [0.2, 0.25) is 11.6 Å². The predicted molar refractivity (Wildman–Crippen MR) is 99.5 cm³/mol. The fourth-order valence-corrected chi connectivity index (χ4v) is 3.82. The van der Waals surface area contributed by atoms with Gasteiger partial charge in [-0.05, 0) is 12.8 Å². The number of hydrogen-bond acceptors (Lipinski definition) is 8. The molecule has 1 saturated heterocycles. The lowest BCUT2D eigenvalue weighted by atomic mass is 10.1. The number of aliphatic hydroxyl groups excluding tert-OH is 1. The Kier molecular flexibility index (Phi) is 6.56. The fraction of sp³-hybridized carbons (Fsp3) is 0.765. The maximum absolute atomic E-state index is 11.8. The SMILES string of the molecule is O=[N+]([O-])c1c(NC2CCCCCC2)ncnc1N1CCN(CCO)CC1. The lowest BCUT2D eigenvalue weighted by Crippen LogP contribution is -2.47. The molecule has 2 fully saturated rings. The highest BCUT2D eigenvalue weighted by molar-refractivity contribution is 5.70. The smallest absolute Gasteiger partial charge is 0.353 e. The number of nitrogens with zero attached hydrogens (tertiary/aromatic N) is 5. The fourth-order valence-electron chi connectivity index (χ4n) is 3.82. The molecule has 2 heterocycles. The summed E-state index contributed by atoms with van der Waals surface area (Å²) in [5, 5.41) is 24.2. The van der Waals surface area contributed by atoms with Crippen LogP contribution in [-0.2, 0) is 0 Å². The van der Waals surface area contributed by atoms with Gasteiger partial charge in [0.1, 0.15) is 6.33 Å². The summed E-state index contributed by atoms with van der Waals surface area (Å²) in [6, 6.07) is 0.236. The van der Waals surface area contributed by atoms with Gasteiger partial charge < -0.3 is 15.3 Å². The van der Waals surface area contributed by atoms with Crippen molar-refractivity contribution in [1.82, 2.24) is 14.9 Å². The van der Waals surface area contributed by atoms with E-state index < -0.39 is 0 Å². The highest BCUT2D eigenvalue weighted by Gasteiger charge is 2.30. The molecule has 144 valence electrons. The average molecular weight is 364 g/mol. The van der Waals surface area contributed by atoms with Gasteiger partial charge in [-0.2, -0.15) is 0 Å². The third kappa shape index (κ3) is 4.59. The number of β-amino-alcohol motifs (C(OH)–C–C–N with tert-alkyl or cyclic N) is 1. The molecule has 0 atom stereocenters. The first-order chi connectivity index (χ1) is 12.7. The second-order valence-electron chi connectivity index (χ2n) is 7.04. The molecule has 0 unspecified atom stereocenters.